The van der Waals surface area contributed by atoms with E-state index in [4.69, 9.17) is 0 Å². The summed E-state index contributed by atoms with van der Waals surface area (Å²) in [5.74, 6) is -2.77. The molecule has 0 saturated carbocycles. The number of aliphatic carboxylic acids is 1. The Morgan fingerprint density at radius 3 is 2.58 bits per heavy atom. The first-order valence-corrected chi connectivity index (χ1v) is 12.1. The van der Waals surface area contributed by atoms with Gasteiger partial charge in [0, 0.05) is 27.4 Å². The van der Waals surface area contributed by atoms with Crippen molar-refractivity contribution in [2.75, 3.05) is 25.0 Å². The summed E-state index contributed by atoms with van der Waals surface area (Å²) in [5, 5.41) is 40.0. The van der Waals surface area contributed by atoms with Gasteiger partial charge in [-0.3, -0.25) is 14.4 Å². The molecule has 0 bridgehead atoms. The number of hydrogen-bond donors (Lipinski definition) is 7. The summed E-state index contributed by atoms with van der Waals surface area (Å²) in [5.41, 5.74) is 0.506. The monoisotopic (exact) mass is 629 g/mol. The number of phenolic OH excluding ortho intramolecular Hbond substituents is 2. The first-order chi connectivity index (χ1) is 17.0. The molecule has 2 amide bonds. The Labute approximate surface area is 221 Å². The molecule has 1 unspecified atom stereocenters. The van der Waals surface area contributed by atoms with Crippen LogP contribution in [0.15, 0.2) is 44.3 Å². The summed E-state index contributed by atoms with van der Waals surface area (Å²) in [4.78, 5) is 40.4. The molecule has 36 heavy (non-hydrogen) atoms. The van der Waals surface area contributed by atoms with Crippen LogP contribution in [0.3, 0.4) is 0 Å². The van der Waals surface area contributed by atoms with Gasteiger partial charge < -0.3 is 36.6 Å². The Morgan fingerprint density at radius 2 is 1.92 bits per heavy atom. The van der Waals surface area contributed by atoms with Gasteiger partial charge in [-0.05, 0) is 40.2 Å². The third-order valence-corrected chi connectivity index (χ3v) is 6.00. The summed E-state index contributed by atoms with van der Waals surface area (Å²) in [6.07, 6.45) is -1.62. The zero-order valence-electron chi connectivity index (χ0n) is 18.5. The van der Waals surface area contributed by atoms with E-state index < -0.39 is 43.0 Å². The van der Waals surface area contributed by atoms with Gasteiger partial charge >= 0.3 is 5.97 Å². The number of benzene rings is 2. The third kappa shape index (κ3) is 7.55. The quantitative estimate of drug-likeness (QED) is 0.233. The average molecular weight is 631 g/mol. The fourth-order valence-electron chi connectivity index (χ4n) is 3.33. The standard InChI is InChI=1S/C22H22Br2FN5O6/c23-11-3-15(20(35)16(24)4-11)17(6-19(33)34)30-18(32)9-26-21(36)10-1-13(5-14(31)2-10)29-22-27-7-12(25)8-28-22/h1-5,12,17,31,35H,6-9H2,(H,26,36)(H,30,32)(H,33,34)(H2,27,28,29)/t17-/m1/s1. The van der Waals surface area contributed by atoms with Gasteiger partial charge in [0.05, 0.1) is 36.6 Å². The number of carbonyl (C=O) groups excluding carboxylic acids is 2. The minimum absolute atomic E-state index is 0.0197. The fourth-order valence-corrected chi connectivity index (χ4v) is 4.58. The van der Waals surface area contributed by atoms with Crippen LogP contribution >= 0.6 is 31.9 Å². The number of carboxylic acids is 1. The van der Waals surface area contributed by atoms with E-state index in [0.717, 1.165) is 0 Å². The Hall–Kier alpha value is -3.39. The Bertz CT molecular complexity index is 1210. The molecule has 1 aliphatic heterocycles. The van der Waals surface area contributed by atoms with Gasteiger partial charge in [0.25, 0.3) is 5.91 Å². The molecule has 2 aromatic rings. The molecule has 0 radical (unpaired) electrons. The number of anilines is 1. The lowest BCUT2D eigenvalue weighted by molar-refractivity contribution is -0.137. The van der Waals surface area contributed by atoms with Crippen molar-refractivity contribution in [3.8, 4) is 11.5 Å². The number of aliphatic imine (C=N–C) groups is 1. The lowest BCUT2D eigenvalue weighted by atomic mass is 10.0. The van der Waals surface area contributed by atoms with Crippen molar-refractivity contribution in [3.05, 3.63) is 50.4 Å². The molecular weight excluding hydrogens is 609 g/mol. The number of phenols is 2. The smallest absolute Gasteiger partial charge is 0.305 e. The number of guanidine groups is 1. The maximum atomic E-state index is 13.2. The number of aromatic hydroxyl groups is 2. The van der Waals surface area contributed by atoms with E-state index in [1.54, 1.807) is 6.07 Å². The molecule has 1 aliphatic rings. The van der Waals surface area contributed by atoms with Gasteiger partial charge in [-0.15, -0.1) is 0 Å². The summed E-state index contributed by atoms with van der Waals surface area (Å²) >= 11 is 6.43. The number of nitrogens with zero attached hydrogens (tertiary/aromatic N) is 1. The van der Waals surface area contributed by atoms with Crippen LogP contribution in [-0.2, 0) is 9.59 Å². The van der Waals surface area contributed by atoms with Crippen LogP contribution in [0.2, 0.25) is 0 Å². The molecule has 0 fully saturated rings. The maximum Gasteiger partial charge on any atom is 0.305 e. The largest absolute Gasteiger partial charge is 0.508 e. The maximum absolute atomic E-state index is 13.2. The molecular formula is C22H22Br2FN5O6. The van der Waals surface area contributed by atoms with Crippen molar-refractivity contribution >= 4 is 61.3 Å². The van der Waals surface area contributed by atoms with Gasteiger partial charge in [-0.2, -0.15) is 0 Å². The van der Waals surface area contributed by atoms with Crippen LogP contribution in [0.5, 0.6) is 11.5 Å². The molecule has 0 aromatic heterocycles. The molecule has 2 aromatic carbocycles. The highest BCUT2D eigenvalue weighted by Crippen LogP contribution is 2.36. The SMILES string of the molecule is O=C(O)C[C@@H](NC(=O)CNC(=O)c1cc(O)cc(NC2=NCC(F)CN2)c1)c1cc(Br)cc(Br)c1O. The van der Waals surface area contributed by atoms with Crippen molar-refractivity contribution < 1.29 is 34.1 Å². The molecule has 192 valence electrons. The van der Waals surface area contributed by atoms with Gasteiger partial charge in [-0.25, -0.2) is 9.38 Å². The zero-order valence-corrected chi connectivity index (χ0v) is 21.7. The van der Waals surface area contributed by atoms with Crippen LogP contribution in [0, 0.1) is 0 Å². The number of carbonyl (C=O) groups is 3. The van der Waals surface area contributed by atoms with Gasteiger partial charge in [-0.1, -0.05) is 15.9 Å². The average Bonchev–Trinajstić information content (AvgIpc) is 2.80. The van der Waals surface area contributed by atoms with Gasteiger partial charge in [0.2, 0.25) is 5.91 Å². The van der Waals surface area contributed by atoms with E-state index in [2.05, 4.69) is 58.1 Å². The molecule has 2 atom stereocenters. The van der Waals surface area contributed by atoms with E-state index in [-0.39, 0.29) is 41.7 Å². The van der Waals surface area contributed by atoms with Gasteiger partial charge in [0.15, 0.2) is 5.96 Å². The predicted octanol–water partition coefficient (Wildman–Crippen LogP) is 2.39. The van der Waals surface area contributed by atoms with Crippen LogP contribution in [0.4, 0.5) is 10.1 Å². The second-order valence-electron chi connectivity index (χ2n) is 7.79. The van der Waals surface area contributed by atoms with Crippen LogP contribution in [0.25, 0.3) is 0 Å². The number of halogens is 3. The first-order valence-electron chi connectivity index (χ1n) is 10.5. The number of nitrogens with one attached hydrogen (secondary N) is 4. The summed E-state index contributed by atoms with van der Waals surface area (Å²) in [6.45, 7) is -0.450. The number of rotatable bonds is 8. The highest BCUT2D eigenvalue weighted by molar-refractivity contribution is 9.11. The van der Waals surface area contributed by atoms with E-state index in [1.807, 2.05) is 0 Å². The molecule has 0 spiro atoms. The Kier molecular flexibility index (Phi) is 9.09. The van der Waals surface area contributed by atoms with E-state index >= 15 is 0 Å². The van der Waals surface area contributed by atoms with E-state index in [9.17, 15) is 34.1 Å². The minimum atomic E-state index is -1.21. The molecule has 3 rings (SSSR count). The zero-order chi connectivity index (χ0) is 26.4. The van der Waals surface area contributed by atoms with E-state index in [0.29, 0.717) is 14.6 Å². The highest BCUT2D eigenvalue weighted by Gasteiger charge is 2.23. The topological polar surface area (TPSA) is 172 Å². The van der Waals surface area contributed by atoms with Crippen molar-refractivity contribution in [3.63, 3.8) is 0 Å². The number of carboxylic acid groups (broad SMARTS) is 1. The number of alkyl halides is 1. The minimum Gasteiger partial charge on any atom is -0.508 e. The highest BCUT2D eigenvalue weighted by atomic mass is 79.9. The normalized spacial score (nSPS) is 15.8. The fraction of sp³-hybridized carbons (Fsp3) is 0.273. The molecule has 1 heterocycles. The first kappa shape index (κ1) is 27.2. The van der Waals surface area contributed by atoms with Gasteiger partial charge in [0.1, 0.15) is 17.7 Å². The second kappa shape index (κ2) is 12.0. The van der Waals surface area contributed by atoms with Crippen molar-refractivity contribution in [1.82, 2.24) is 16.0 Å². The van der Waals surface area contributed by atoms with E-state index in [1.165, 1.54) is 24.3 Å². The molecule has 7 N–H and O–H groups in total. The Morgan fingerprint density at radius 1 is 1.17 bits per heavy atom. The van der Waals surface area contributed by atoms with Crippen molar-refractivity contribution in [2.24, 2.45) is 4.99 Å². The Balaban J connectivity index is 1.66. The lowest BCUT2D eigenvalue weighted by Gasteiger charge is -2.20. The van der Waals surface area contributed by atoms with Crippen molar-refractivity contribution in [2.45, 2.75) is 18.6 Å². The number of hydrogen-bond acceptors (Lipinski definition) is 8. The second-order valence-corrected chi connectivity index (χ2v) is 9.56. The number of amides is 2. The van der Waals surface area contributed by atoms with Crippen LogP contribution < -0.4 is 21.3 Å². The molecule has 11 nitrogen and oxygen atoms in total. The third-order valence-electron chi connectivity index (χ3n) is 4.94. The lowest BCUT2D eigenvalue weighted by Crippen LogP contribution is -2.41. The molecule has 14 heteroatoms. The summed E-state index contributed by atoms with van der Waals surface area (Å²) < 4.78 is 14.1. The molecule has 0 saturated heterocycles. The van der Waals surface area contributed by atoms with Crippen molar-refractivity contribution in [1.29, 1.82) is 0 Å². The van der Waals surface area contributed by atoms with Crippen LogP contribution in [0.1, 0.15) is 28.4 Å². The molecule has 0 aliphatic carbocycles. The predicted molar refractivity (Wildman–Crippen MR) is 136 cm³/mol. The summed E-state index contributed by atoms with van der Waals surface area (Å²) in [7, 11) is 0. The van der Waals surface area contributed by atoms with Crippen LogP contribution in [-0.4, -0.2) is 64.9 Å². The summed E-state index contributed by atoms with van der Waals surface area (Å²) in [6, 6.07) is 5.90.